The fraction of sp³-hybridized carbons (Fsp3) is 0.100. The predicted octanol–water partition coefficient (Wildman–Crippen LogP) is 0.531. The second-order valence-corrected chi connectivity index (χ2v) is 5.17. The first kappa shape index (κ1) is 11.6. The number of hydrogen-bond acceptors (Lipinski definition) is 3. The summed E-state index contributed by atoms with van der Waals surface area (Å²) >= 11 is 0. The highest BCUT2D eigenvalue weighted by atomic mass is 32.2. The van der Waals surface area contributed by atoms with Gasteiger partial charge in [0.25, 0.3) is 10.0 Å². The molecule has 0 aliphatic heterocycles. The van der Waals surface area contributed by atoms with Crippen molar-refractivity contribution in [2.75, 3.05) is 6.54 Å². The average Bonchev–Trinajstić information content (AvgIpc) is 2.71. The van der Waals surface area contributed by atoms with Crippen molar-refractivity contribution in [3.05, 3.63) is 30.3 Å². The molecule has 0 aliphatic carbocycles. The molecule has 0 bridgehead atoms. The molecule has 0 saturated carbocycles. The minimum Gasteiger partial charge on any atom is -0.480 e. The molecule has 2 aromatic rings. The van der Waals surface area contributed by atoms with Crippen molar-refractivity contribution in [3.8, 4) is 0 Å². The molecule has 17 heavy (non-hydrogen) atoms. The molecule has 0 atom stereocenters. The van der Waals surface area contributed by atoms with E-state index in [0.717, 1.165) is 5.39 Å². The van der Waals surface area contributed by atoms with E-state index in [1.807, 2.05) is 4.72 Å². The Labute approximate surface area is 97.3 Å². The van der Waals surface area contributed by atoms with Gasteiger partial charge in [0.2, 0.25) is 0 Å². The van der Waals surface area contributed by atoms with Crippen LogP contribution in [-0.2, 0) is 14.8 Å². The number of fused-ring (bicyclic) bond motifs is 1. The number of aromatic amines is 1. The number of rotatable bonds is 4. The van der Waals surface area contributed by atoms with Gasteiger partial charge in [-0.25, -0.2) is 8.42 Å². The van der Waals surface area contributed by atoms with Crippen molar-refractivity contribution in [1.82, 2.24) is 9.71 Å². The van der Waals surface area contributed by atoms with Crippen molar-refractivity contribution in [3.63, 3.8) is 0 Å². The van der Waals surface area contributed by atoms with Gasteiger partial charge in [0.1, 0.15) is 11.6 Å². The van der Waals surface area contributed by atoms with Gasteiger partial charge >= 0.3 is 5.97 Å². The Morgan fingerprint density at radius 3 is 2.71 bits per heavy atom. The maximum atomic E-state index is 11.7. The SMILES string of the molecule is O=C(O)CNS(=O)(=O)c1cc2ccccc2[nH]1. The Kier molecular flexibility index (Phi) is 2.86. The van der Waals surface area contributed by atoms with E-state index in [1.165, 1.54) is 6.07 Å². The summed E-state index contributed by atoms with van der Waals surface area (Å²) in [4.78, 5) is 13.0. The van der Waals surface area contributed by atoms with Gasteiger partial charge in [0, 0.05) is 10.9 Å². The molecule has 7 heteroatoms. The van der Waals surface area contributed by atoms with Crippen LogP contribution in [0.5, 0.6) is 0 Å². The third-order valence-corrected chi connectivity index (χ3v) is 3.53. The van der Waals surface area contributed by atoms with Gasteiger partial charge in [-0.15, -0.1) is 0 Å². The van der Waals surface area contributed by atoms with Crippen LogP contribution in [0.25, 0.3) is 10.9 Å². The molecular weight excluding hydrogens is 244 g/mol. The third-order valence-electron chi connectivity index (χ3n) is 2.21. The molecular formula is C10H10N2O4S. The van der Waals surface area contributed by atoms with Crippen LogP contribution in [-0.4, -0.2) is 31.0 Å². The Hall–Kier alpha value is -1.86. The van der Waals surface area contributed by atoms with Crippen LogP contribution in [0.3, 0.4) is 0 Å². The first-order chi connectivity index (χ1) is 7.99. The topological polar surface area (TPSA) is 99.3 Å². The lowest BCUT2D eigenvalue weighted by molar-refractivity contribution is -0.135. The largest absolute Gasteiger partial charge is 0.480 e. The summed E-state index contributed by atoms with van der Waals surface area (Å²) in [5.41, 5.74) is 0.684. The number of aliphatic carboxylic acids is 1. The van der Waals surface area contributed by atoms with E-state index in [9.17, 15) is 13.2 Å². The van der Waals surface area contributed by atoms with Crippen LogP contribution in [0.4, 0.5) is 0 Å². The van der Waals surface area contributed by atoms with Gasteiger partial charge in [0.15, 0.2) is 0 Å². The number of nitrogens with one attached hydrogen (secondary N) is 2. The summed E-state index contributed by atoms with van der Waals surface area (Å²) in [5.74, 6) is -1.23. The van der Waals surface area contributed by atoms with Gasteiger partial charge < -0.3 is 10.1 Å². The van der Waals surface area contributed by atoms with E-state index in [1.54, 1.807) is 24.3 Å². The minimum atomic E-state index is -3.80. The molecule has 1 aromatic heterocycles. The molecule has 0 spiro atoms. The molecule has 0 amide bonds. The summed E-state index contributed by atoms with van der Waals surface area (Å²) in [5, 5.41) is 9.14. The molecule has 1 heterocycles. The third kappa shape index (κ3) is 2.45. The zero-order valence-electron chi connectivity index (χ0n) is 8.67. The first-order valence-corrected chi connectivity index (χ1v) is 6.26. The van der Waals surface area contributed by atoms with Gasteiger partial charge in [0.05, 0.1) is 0 Å². The molecule has 2 rings (SSSR count). The second kappa shape index (κ2) is 4.19. The van der Waals surface area contributed by atoms with Crippen LogP contribution < -0.4 is 4.72 Å². The Balaban J connectivity index is 2.35. The smallest absolute Gasteiger partial charge is 0.318 e. The molecule has 3 N–H and O–H groups in total. The monoisotopic (exact) mass is 254 g/mol. The number of sulfonamides is 1. The zero-order chi connectivity index (χ0) is 12.5. The number of carboxylic acid groups (broad SMARTS) is 1. The minimum absolute atomic E-state index is 0.0417. The molecule has 0 radical (unpaired) electrons. The summed E-state index contributed by atoms with van der Waals surface area (Å²) in [6, 6.07) is 8.53. The van der Waals surface area contributed by atoms with Gasteiger partial charge in [-0.2, -0.15) is 4.72 Å². The fourth-order valence-electron chi connectivity index (χ4n) is 1.43. The fourth-order valence-corrected chi connectivity index (χ4v) is 2.42. The summed E-state index contributed by atoms with van der Waals surface area (Å²) in [7, 11) is -3.80. The number of H-pyrrole nitrogens is 1. The number of carbonyl (C=O) groups is 1. The lowest BCUT2D eigenvalue weighted by Gasteiger charge is -2.00. The summed E-state index contributed by atoms with van der Waals surface area (Å²) in [6.07, 6.45) is 0. The highest BCUT2D eigenvalue weighted by molar-refractivity contribution is 7.89. The second-order valence-electron chi connectivity index (χ2n) is 3.44. The molecule has 0 saturated heterocycles. The van der Waals surface area contributed by atoms with Gasteiger partial charge in [-0.3, -0.25) is 4.79 Å². The standard InChI is InChI=1S/C10H10N2O4S/c13-10(14)6-11-17(15,16)9-5-7-3-1-2-4-8(7)12-9/h1-5,11-12H,6H2,(H,13,14). The lowest BCUT2D eigenvalue weighted by atomic mass is 10.3. The Morgan fingerprint density at radius 1 is 1.35 bits per heavy atom. The summed E-state index contributed by atoms with van der Waals surface area (Å²) < 4.78 is 25.4. The normalized spacial score (nSPS) is 11.8. The first-order valence-electron chi connectivity index (χ1n) is 4.78. The molecule has 90 valence electrons. The Morgan fingerprint density at radius 2 is 2.06 bits per heavy atom. The van der Waals surface area contributed by atoms with Crippen molar-refractivity contribution < 1.29 is 18.3 Å². The molecule has 0 aliphatic rings. The maximum absolute atomic E-state index is 11.7. The number of benzene rings is 1. The van der Waals surface area contributed by atoms with E-state index in [-0.39, 0.29) is 5.03 Å². The van der Waals surface area contributed by atoms with Crippen LogP contribution in [0, 0.1) is 0 Å². The van der Waals surface area contributed by atoms with Crippen molar-refractivity contribution in [2.24, 2.45) is 0 Å². The van der Waals surface area contributed by atoms with Crippen LogP contribution in [0.15, 0.2) is 35.4 Å². The molecule has 0 unspecified atom stereocenters. The van der Waals surface area contributed by atoms with Crippen LogP contribution in [0.1, 0.15) is 0 Å². The van der Waals surface area contributed by atoms with Crippen LogP contribution >= 0.6 is 0 Å². The van der Waals surface area contributed by atoms with E-state index in [0.29, 0.717) is 5.52 Å². The highest BCUT2D eigenvalue weighted by Gasteiger charge is 2.17. The zero-order valence-corrected chi connectivity index (χ0v) is 9.49. The molecule has 1 aromatic carbocycles. The van der Waals surface area contributed by atoms with Crippen LogP contribution in [0.2, 0.25) is 0 Å². The van der Waals surface area contributed by atoms with Crippen molar-refractivity contribution >= 4 is 26.9 Å². The molecule has 0 fully saturated rings. The van der Waals surface area contributed by atoms with E-state index >= 15 is 0 Å². The average molecular weight is 254 g/mol. The number of para-hydroxylation sites is 1. The summed E-state index contributed by atoms with van der Waals surface area (Å²) in [6.45, 7) is -0.641. The van der Waals surface area contributed by atoms with Crippen molar-refractivity contribution in [2.45, 2.75) is 5.03 Å². The van der Waals surface area contributed by atoms with E-state index < -0.39 is 22.5 Å². The lowest BCUT2D eigenvalue weighted by Crippen LogP contribution is -2.29. The molecule has 6 nitrogen and oxygen atoms in total. The van der Waals surface area contributed by atoms with E-state index in [4.69, 9.17) is 5.11 Å². The van der Waals surface area contributed by atoms with E-state index in [2.05, 4.69) is 4.98 Å². The maximum Gasteiger partial charge on any atom is 0.318 e. The number of aromatic nitrogens is 1. The quantitative estimate of drug-likeness (QED) is 0.741. The number of hydrogen-bond donors (Lipinski definition) is 3. The Bertz CT molecular complexity index is 627. The van der Waals surface area contributed by atoms with Crippen molar-refractivity contribution in [1.29, 1.82) is 0 Å². The van der Waals surface area contributed by atoms with Gasteiger partial charge in [-0.05, 0) is 12.1 Å². The predicted molar refractivity (Wildman–Crippen MR) is 61.1 cm³/mol. The number of carboxylic acids is 1. The highest BCUT2D eigenvalue weighted by Crippen LogP contribution is 2.17. The van der Waals surface area contributed by atoms with Gasteiger partial charge in [-0.1, -0.05) is 18.2 Å².